The first kappa shape index (κ1) is 8.27. The van der Waals surface area contributed by atoms with Gasteiger partial charge in [-0.15, -0.1) is 0 Å². The molecule has 0 N–H and O–H groups in total. The molecule has 5 heteroatoms. The molecule has 1 heterocycles. The molecule has 0 radical (unpaired) electrons. The van der Waals surface area contributed by atoms with E-state index in [4.69, 9.17) is 5.26 Å². The molecule has 0 atom stereocenters. The largest absolute Gasteiger partial charge is 0.344 e. The Kier molecular flexibility index (Phi) is 2.10. The third-order valence-corrected chi connectivity index (χ3v) is 1.29. The predicted octanol–water partition coefficient (Wildman–Crippen LogP) is 0.284. The Bertz CT molecular complexity index is 333. The Morgan fingerprint density at radius 3 is 2.83 bits per heavy atom. The third-order valence-electron chi connectivity index (χ3n) is 1.29. The van der Waals surface area contributed by atoms with Crippen LogP contribution < -0.4 is 0 Å². The highest BCUT2D eigenvalue weighted by atomic mass is 16.2. The zero-order chi connectivity index (χ0) is 9.14. The number of aromatic nitrogens is 2. The monoisotopic (exact) mass is 164 g/mol. The molecule has 1 amide bonds. The minimum absolute atomic E-state index is 0.267. The summed E-state index contributed by atoms with van der Waals surface area (Å²) >= 11 is 0. The minimum atomic E-state index is -0.267. The zero-order valence-electron chi connectivity index (χ0n) is 6.85. The van der Waals surface area contributed by atoms with E-state index in [9.17, 15) is 4.79 Å². The van der Waals surface area contributed by atoms with Gasteiger partial charge >= 0.3 is 6.03 Å². The van der Waals surface area contributed by atoms with E-state index in [1.807, 2.05) is 6.07 Å². The smallest absolute Gasteiger partial charge is 0.329 e. The molecule has 1 rings (SSSR count). The van der Waals surface area contributed by atoms with Gasteiger partial charge in [0.15, 0.2) is 0 Å². The number of hydrogen-bond acceptors (Lipinski definition) is 3. The quantitative estimate of drug-likeness (QED) is 0.553. The van der Waals surface area contributed by atoms with Crippen LogP contribution in [0.4, 0.5) is 4.79 Å². The van der Waals surface area contributed by atoms with Gasteiger partial charge in [0.25, 0.3) is 0 Å². The summed E-state index contributed by atoms with van der Waals surface area (Å²) in [6.45, 7) is 0. The Balaban J connectivity index is 2.91. The molecule has 0 spiro atoms. The van der Waals surface area contributed by atoms with Crippen molar-refractivity contribution < 1.29 is 4.79 Å². The Morgan fingerprint density at radius 1 is 1.75 bits per heavy atom. The highest BCUT2D eigenvalue weighted by Gasteiger charge is 2.07. The fourth-order valence-corrected chi connectivity index (χ4v) is 0.690. The lowest BCUT2D eigenvalue weighted by Gasteiger charge is -2.08. The number of nitriles is 1. The first-order valence-corrected chi connectivity index (χ1v) is 3.31. The standard InChI is InChI=1S/C7H8N4O/c1-10(2)7(12)11-5-6(3-8)4-9-11/h4-5H,1-2H3. The van der Waals surface area contributed by atoms with Crippen molar-refractivity contribution in [1.82, 2.24) is 14.7 Å². The van der Waals surface area contributed by atoms with E-state index in [1.165, 1.54) is 17.3 Å². The van der Waals surface area contributed by atoms with Gasteiger partial charge in [-0.2, -0.15) is 15.0 Å². The van der Waals surface area contributed by atoms with E-state index in [0.717, 1.165) is 4.68 Å². The Labute approximate surface area is 69.8 Å². The van der Waals surface area contributed by atoms with Crippen molar-refractivity contribution in [3.63, 3.8) is 0 Å². The first-order chi connectivity index (χ1) is 5.65. The highest BCUT2D eigenvalue weighted by molar-refractivity contribution is 5.75. The molecule has 12 heavy (non-hydrogen) atoms. The van der Waals surface area contributed by atoms with E-state index in [-0.39, 0.29) is 6.03 Å². The highest BCUT2D eigenvalue weighted by Crippen LogP contribution is 1.95. The molecule has 1 aromatic heterocycles. The van der Waals surface area contributed by atoms with Gasteiger partial charge in [-0.3, -0.25) is 0 Å². The lowest BCUT2D eigenvalue weighted by atomic mass is 10.4. The van der Waals surface area contributed by atoms with Gasteiger partial charge in [-0.05, 0) is 0 Å². The average Bonchev–Trinajstić information content (AvgIpc) is 2.50. The summed E-state index contributed by atoms with van der Waals surface area (Å²) in [6, 6.07) is 1.62. The van der Waals surface area contributed by atoms with E-state index >= 15 is 0 Å². The maximum Gasteiger partial charge on any atom is 0.344 e. The molecule has 0 fully saturated rings. The normalized spacial score (nSPS) is 9.08. The lowest BCUT2D eigenvalue weighted by molar-refractivity contribution is 0.216. The van der Waals surface area contributed by atoms with Crippen LogP contribution in [-0.4, -0.2) is 34.8 Å². The molecule has 1 aromatic rings. The van der Waals surface area contributed by atoms with Crippen LogP contribution in [0.3, 0.4) is 0 Å². The second kappa shape index (κ2) is 3.05. The molecular weight excluding hydrogens is 156 g/mol. The molecule has 0 saturated heterocycles. The topological polar surface area (TPSA) is 61.9 Å². The number of amides is 1. The van der Waals surface area contributed by atoms with Gasteiger partial charge in [-0.25, -0.2) is 4.79 Å². The van der Waals surface area contributed by atoms with Crippen molar-refractivity contribution in [2.45, 2.75) is 0 Å². The summed E-state index contributed by atoms with van der Waals surface area (Å²) in [7, 11) is 3.24. The van der Waals surface area contributed by atoms with Gasteiger partial charge in [0, 0.05) is 14.1 Å². The van der Waals surface area contributed by atoms with E-state index in [2.05, 4.69) is 5.10 Å². The second-order valence-corrected chi connectivity index (χ2v) is 2.46. The summed E-state index contributed by atoms with van der Waals surface area (Å²) in [6.07, 6.45) is 2.74. The van der Waals surface area contributed by atoms with Gasteiger partial charge in [0.1, 0.15) is 6.07 Å². The number of nitrogens with zero attached hydrogens (tertiary/aromatic N) is 4. The van der Waals surface area contributed by atoms with Crippen molar-refractivity contribution >= 4 is 6.03 Å². The molecule has 0 bridgehead atoms. The molecular formula is C7H8N4O. The SMILES string of the molecule is CN(C)C(=O)n1cc(C#N)cn1. The number of carbonyl (C=O) groups is 1. The Morgan fingerprint density at radius 2 is 2.42 bits per heavy atom. The van der Waals surface area contributed by atoms with Crippen LogP contribution in [0.1, 0.15) is 5.56 Å². The predicted molar refractivity (Wildman–Crippen MR) is 41.4 cm³/mol. The van der Waals surface area contributed by atoms with Crippen molar-refractivity contribution in [2.75, 3.05) is 14.1 Å². The van der Waals surface area contributed by atoms with Gasteiger partial charge in [0.05, 0.1) is 18.0 Å². The minimum Gasteiger partial charge on any atom is -0.329 e. The molecule has 0 aliphatic rings. The van der Waals surface area contributed by atoms with Crippen LogP contribution >= 0.6 is 0 Å². The van der Waals surface area contributed by atoms with Gasteiger partial charge in [-0.1, -0.05) is 0 Å². The summed E-state index contributed by atoms with van der Waals surface area (Å²) in [5.41, 5.74) is 0.380. The fraction of sp³-hybridized carbons (Fsp3) is 0.286. The van der Waals surface area contributed by atoms with Crippen LogP contribution in [0.5, 0.6) is 0 Å². The number of rotatable bonds is 0. The molecule has 0 aromatic carbocycles. The maximum absolute atomic E-state index is 11.2. The average molecular weight is 164 g/mol. The van der Waals surface area contributed by atoms with E-state index in [1.54, 1.807) is 14.1 Å². The first-order valence-electron chi connectivity index (χ1n) is 3.31. The number of hydrogen-bond donors (Lipinski definition) is 0. The van der Waals surface area contributed by atoms with Crippen LogP contribution in [0.25, 0.3) is 0 Å². The lowest BCUT2D eigenvalue weighted by Crippen LogP contribution is -2.27. The summed E-state index contributed by atoms with van der Waals surface area (Å²) in [5.74, 6) is 0. The maximum atomic E-state index is 11.2. The number of carbonyl (C=O) groups excluding carboxylic acids is 1. The zero-order valence-corrected chi connectivity index (χ0v) is 6.85. The third kappa shape index (κ3) is 1.42. The Hall–Kier alpha value is -1.83. The molecule has 0 saturated carbocycles. The van der Waals surface area contributed by atoms with Crippen molar-refractivity contribution in [3.8, 4) is 6.07 Å². The summed E-state index contributed by atoms with van der Waals surface area (Å²) < 4.78 is 1.12. The summed E-state index contributed by atoms with van der Waals surface area (Å²) in [5, 5.41) is 12.2. The van der Waals surface area contributed by atoms with Gasteiger partial charge < -0.3 is 4.90 Å². The van der Waals surface area contributed by atoms with Crippen LogP contribution in [0.2, 0.25) is 0 Å². The van der Waals surface area contributed by atoms with Crippen LogP contribution in [0.15, 0.2) is 12.4 Å². The second-order valence-electron chi connectivity index (χ2n) is 2.46. The van der Waals surface area contributed by atoms with Gasteiger partial charge in [0.2, 0.25) is 0 Å². The molecule has 0 aliphatic heterocycles. The van der Waals surface area contributed by atoms with Crippen molar-refractivity contribution in [1.29, 1.82) is 5.26 Å². The molecule has 0 aliphatic carbocycles. The van der Waals surface area contributed by atoms with Crippen molar-refractivity contribution in [3.05, 3.63) is 18.0 Å². The van der Waals surface area contributed by atoms with E-state index < -0.39 is 0 Å². The summed E-state index contributed by atoms with van der Waals surface area (Å²) in [4.78, 5) is 12.6. The fourth-order valence-electron chi connectivity index (χ4n) is 0.690. The van der Waals surface area contributed by atoms with Crippen molar-refractivity contribution in [2.24, 2.45) is 0 Å². The van der Waals surface area contributed by atoms with Crippen LogP contribution in [-0.2, 0) is 0 Å². The molecule has 62 valence electrons. The molecule has 0 unspecified atom stereocenters. The van der Waals surface area contributed by atoms with E-state index in [0.29, 0.717) is 5.56 Å². The van der Waals surface area contributed by atoms with Crippen LogP contribution in [0, 0.1) is 11.3 Å². The molecule has 5 nitrogen and oxygen atoms in total.